The zero-order chi connectivity index (χ0) is 13.8. The minimum absolute atomic E-state index is 0.0868. The van der Waals surface area contributed by atoms with E-state index in [1.807, 2.05) is 0 Å². The summed E-state index contributed by atoms with van der Waals surface area (Å²) in [7, 11) is 1.69. The Hall–Kier alpha value is -2.10. The van der Waals surface area contributed by atoms with Gasteiger partial charge in [0, 0.05) is 24.6 Å². The largest absolute Gasteiger partial charge is 0.364 e. The van der Waals surface area contributed by atoms with Crippen molar-refractivity contribution >= 4 is 11.6 Å². The van der Waals surface area contributed by atoms with Crippen LogP contribution in [0.2, 0.25) is 0 Å². The highest BCUT2D eigenvalue weighted by Crippen LogP contribution is 2.18. The van der Waals surface area contributed by atoms with Gasteiger partial charge in [0.1, 0.15) is 5.82 Å². The lowest BCUT2D eigenvalue weighted by atomic mass is 10.1. The number of hydrogen-bond donors (Lipinski definition) is 1. The maximum atomic E-state index is 12.9. The monoisotopic (exact) mass is 260 g/mol. The van der Waals surface area contributed by atoms with Gasteiger partial charge in [-0.3, -0.25) is 4.79 Å². The molecule has 0 aliphatic carbocycles. The number of H-pyrrole nitrogens is 1. The van der Waals surface area contributed by atoms with Crippen LogP contribution in [0.5, 0.6) is 0 Å². The van der Waals surface area contributed by atoms with E-state index in [-0.39, 0.29) is 11.7 Å². The first-order valence-electron chi connectivity index (χ1n) is 6.33. The van der Waals surface area contributed by atoms with Gasteiger partial charge in [0.25, 0.3) is 5.91 Å². The van der Waals surface area contributed by atoms with Crippen LogP contribution in [0.3, 0.4) is 0 Å². The number of amides is 1. The summed E-state index contributed by atoms with van der Waals surface area (Å²) in [5, 5.41) is 0. The summed E-state index contributed by atoms with van der Waals surface area (Å²) in [5.74, 6) is -0.394. The number of rotatable bonds is 4. The van der Waals surface area contributed by atoms with Crippen LogP contribution in [0.4, 0.5) is 10.1 Å². The number of aromatic nitrogens is 1. The lowest BCUT2D eigenvalue weighted by Crippen LogP contribution is -2.26. The van der Waals surface area contributed by atoms with Crippen LogP contribution < -0.4 is 4.90 Å². The third-order valence-corrected chi connectivity index (χ3v) is 3.08. The quantitative estimate of drug-likeness (QED) is 0.898. The highest BCUT2D eigenvalue weighted by molar-refractivity contribution is 6.06. The fourth-order valence-electron chi connectivity index (χ4n) is 2.02. The Labute approximate surface area is 112 Å². The number of anilines is 1. The predicted octanol–water partition coefficient (Wildman–Crippen LogP) is 3.38. The molecule has 19 heavy (non-hydrogen) atoms. The van der Waals surface area contributed by atoms with Gasteiger partial charge in [0.05, 0.1) is 5.56 Å². The Balaban J connectivity index is 2.23. The zero-order valence-electron chi connectivity index (χ0n) is 11.1. The second-order valence-electron chi connectivity index (χ2n) is 4.46. The average molecular weight is 260 g/mol. The van der Waals surface area contributed by atoms with Crippen LogP contribution in [0.15, 0.2) is 36.5 Å². The van der Waals surface area contributed by atoms with E-state index in [4.69, 9.17) is 0 Å². The summed E-state index contributed by atoms with van der Waals surface area (Å²) in [4.78, 5) is 17.0. The van der Waals surface area contributed by atoms with Gasteiger partial charge in [-0.05, 0) is 36.8 Å². The molecule has 0 spiro atoms. The first-order chi connectivity index (χ1) is 9.13. The summed E-state index contributed by atoms with van der Waals surface area (Å²) in [6.45, 7) is 2.07. The molecule has 1 aromatic heterocycles. The molecule has 2 aromatic rings. The third kappa shape index (κ3) is 2.84. The third-order valence-electron chi connectivity index (χ3n) is 3.08. The molecule has 1 N–H and O–H groups in total. The van der Waals surface area contributed by atoms with Crippen LogP contribution in [-0.4, -0.2) is 17.9 Å². The fraction of sp³-hybridized carbons (Fsp3) is 0.267. The molecule has 3 nitrogen and oxygen atoms in total. The van der Waals surface area contributed by atoms with Crippen molar-refractivity contribution < 1.29 is 9.18 Å². The van der Waals surface area contributed by atoms with Gasteiger partial charge in [0.2, 0.25) is 0 Å². The normalized spacial score (nSPS) is 10.5. The zero-order valence-corrected chi connectivity index (χ0v) is 11.1. The van der Waals surface area contributed by atoms with E-state index in [1.54, 1.807) is 31.4 Å². The number of carbonyl (C=O) groups excluding carboxylic acids is 1. The number of nitrogens with one attached hydrogen (secondary N) is 1. The number of aromatic amines is 1. The molecular formula is C15H17FN2O. The average Bonchev–Trinajstić information content (AvgIpc) is 2.87. The number of aryl methyl sites for hydroxylation is 1. The maximum absolute atomic E-state index is 12.9. The lowest BCUT2D eigenvalue weighted by molar-refractivity contribution is 0.0992. The van der Waals surface area contributed by atoms with Crippen molar-refractivity contribution in [1.82, 2.24) is 4.98 Å². The molecule has 2 rings (SSSR count). The molecule has 0 atom stereocenters. The van der Waals surface area contributed by atoms with Gasteiger partial charge < -0.3 is 9.88 Å². The molecule has 1 heterocycles. The highest BCUT2D eigenvalue weighted by Gasteiger charge is 2.17. The predicted molar refractivity (Wildman–Crippen MR) is 73.9 cm³/mol. The van der Waals surface area contributed by atoms with Gasteiger partial charge in [-0.1, -0.05) is 13.3 Å². The molecule has 0 aliphatic rings. The van der Waals surface area contributed by atoms with Gasteiger partial charge in [-0.15, -0.1) is 0 Å². The van der Waals surface area contributed by atoms with E-state index in [2.05, 4.69) is 11.9 Å². The van der Waals surface area contributed by atoms with E-state index in [0.717, 1.165) is 18.5 Å². The maximum Gasteiger partial charge on any atom is 0.259 e. The van der Waals surface area contributed by atoms with Crippen molar-refractivity contribution in [1.29, 1.82) is 0 Å². The van der Waals surface area contributed by atoms with Crippen molar-refractivity contribution in [3.8, 4) is 0 Å². The Bertz CT molecular complexity index is 560. The standard InChI is InChI=1S/C15H17FN2O/c1-3-4-14-13(9-10-17-14)15(19)18(2)12-7-5-11(16)6-8-12/h5-10,17H,3-4H2,1-2H3. The van der Waals surface area contributed by atoms with Gasteiger partial charge in [-0.25, -0.2) is 4.39 Å². The van der Waals surface area contributed by atoms with E-state index in [1.165, 1.54) is 17.0 Å². The molecular weight excluding hydrogens is 243 g/mol. The van der Waals surface area contributed by atoms with E-state index in [0.29, 0.717) is 11.3 Å². The topological polar surface area (TPSA) is 36.1 Å². The molecule has 0 bridgehead atoms. The Morgan fingerprint density at radius 3 is 2.58 bits per heavy atom. The molecule has 4 heteroatoms. The van der Waals surface area contributed by atoms with Crippen LogP contribution in [-0.2, 0) is 6.42 Å². The molecule has 0 saturated heterocycles. The second-order valence-corrected chi connectivity index (χ2v) is 4.46. The van der Waals surface area contributed by atoms with Crippen LogP contribution >= 0.6 is 0 Å². The Kier molecular flexibility index (Phi) is 4.00. The van der Waals surface area contributed by atoms with E-state index >= 15 is 0 Å². The summed E-state index contributed by atoms with van der Waals surface area (Å²) in [5.41, 5.74) is 2.30. The summed E-state index contributed by atoms with van der Waals surface area (Å²) >= 11 is 0. The summed E-state index contributed by atoms with van der Waals surface area (Å²) in [6.07, 6.45) is 3.59. The summed E-state index contributed by atoms with van der Waals surface area (Å²) in [6, 6.07) is 7.68. The van der Waals surface area contributed by atoms with Crippen LogP contribution in [0.1, 0.15) is 29.4 Å². The van der Waals surface area contributed by atoms with Gasteiger partial charge in [-0.2, -0.15) is 0 Å². The highest BCUT2D eigenvalue weighted by atomic mass is 19.1. The SMILES string of the molecule is CCCc1[nH]ccc1C(=O)N(C)c1ccc(F)cc1. The minimum Gasteiger partial charge on any atom is -0.364 e. The Morgan fingerprint density at radius 2 is 1.95 bits per heavy atom. The number of nitrogens with zero attached hydrogens (tertiary/aromatic N) is 1. The molecule has 100 valence electrons. The number of carbonyl (C=O) groups is 1. The molecule has 0 fully saturated rings. The molecule has 0 radical (unpaired) electrons. The Morgan fingerprint density at radius 1 is 1.26 bits per heavy atom. The lowest BCUT2D eigenvalue weighted by Gasteiger charge is -2.17. The molecule has 1 amide bonds. The van der Waals surface area contributed by atoms with E-state index < -0.39 is 0 Å². The van der Waals surface area contributed by atoms with Crippen molar-refractivity contribution in [2.75, 3.05) is 11.9 Å². The van der Waals surface area contributed by atoms with E-state index in [9.17, 15) is 9.18 Å². The van der Waals surface area contributed by atoms with Gasteiger partial charge >= 0.3 is 0 Å². The number of halogens is 1. The van der Waals surface area contributed by atoms with Crippen molar-refractivity contribution in [2.24, 2.45) is 0 Å². The van der Waals surface area contributed by atoms with Crippen molar-refractivity contribution in [3.05, 3.63) is 53.6 Å². The molecule has 0 saturated carbocycles. The molecule has 1 aromatic carbocycles. The molecule has 0 unspecified atom stereocenters. The van der Waals surface area contributed by atoms with Crippen LogP contribution in [0.25, 0.3) is 0 Å². The van der Waals surface area contributed by atoms with Crippen LogP contribution in [0, 0.1) is 5.82 Å². The van der Waals surface area contributed by atoms with Crippen molar-refractivity contribution in [3.63, 3.8) is 0 Å². The van der Waals surface area contributed by atoms with Crippen molar-refractivity contribution in [2.45, 2.75) is 19.8 Å². The smallest absolute Gasteiger partial charge is 0.259 e. The van der Waals surface area contributed by atoms with Gasteiger partial charge in [0.15, 0.2) is 0 Å². The fourth-order valence-corrected chi connectivity index (χ4v) is 2.02. The molecule has 0 aliphatic heterocycles. The first kappa shape index (κ1) is 13.3. The minimum atomic E-state index is -0.307. The number of benzene rings is 1. The summed E-state index contributed by atoms with van der Waals surface area (Å²) < 4.78 is 12.9. The second kappa shape index (κ2) is 5.69. The first-order valence-corrected chi connectivity index (χ1v) is 6.33. The number of hydrogen-bond acceptors (Lipinski definition) is 1.